The van der Waals surface area contributed by atoms with E-state index >= 15 is 0 Å². The molecule has 1 atom stereocenters. The van der Waals surface area contributed by atoms with Gasteiger partial charge in [-0.15, -0.1) is 0 Å². The zero-order valence-corrected chi connectivity index (χ0v) is 22.1. The second kappa shape index (κ2) is 13.8. The number of nitrogens with one attached hydrogen (secondary N) is 3. The van der Waals surface area contributed by atoms with Crippen LogP contribution in [0.3, 0.4) is 0 Å². The fourth-order valence-electron chi connectivity index (χ4n) is 4.48. The second-order valence-electron chi connectivity index (χ2n) is 9.21. The number of hydrogen-bond acceptors (Lipinski definition) is 6. The third-order valence-electron chi connectivity index (χ3n) is 6.49. The standard InChI is InChI=1S/C30H32N4O6/c1-2-21(17-32-34-29(37)31-16-15-20-11-13-22(14-12-20)39-19-28(35)36)33-30(38)40-18-27-25-9-5-3-7-23(25)24-8-4-6-10-26(24)27/h3-14,17,21,27H,2,15-16,18-19H2,1H3,(H,33,38)(H,35,36)(H2,31,34,37)/b32-17-/t21-/m0/s1. The molecule has 3 amide bonds. The van der Waals surface area contributed by atoms with E-state index in [0.29, 0.717) is 25.1 Å². The van der Waals surface area contributed by atoms with Crippen molar-refractivity contribution in [2.24, 2.45) is 5.10 Å². The van der Waals surface area contributed by atoms with Crippen molar-refractivity contribution in [3.8, 4) is 16.9 Å². The van der Waals surface area contributed by atoms with Crippen LogP contribution in [0.1, 0.15) is 36.0 Å². The summed E-state index contributed by atoms with van der Waals surface area (Å²) in [7, 11) is 0. The van der Waals surface area contributed by atoms with E-state index in [-0.39, 0.29) is 12.5 Å². The number of carbonyl (C=O) groups excluding carboxylic acids is 2. The number of urea groups is 1. The van der Waals surface area contributed by atoms with Gasteiger partial charge in [0.15, 0.2) is 6.61 Å². The zero-order chi connectivity index (χ0) is 28.3. The van der Waals surface area contributed by atoms with Gasteiger partial charge in [0.1, 0.15) is 12.4 Å². The number of hydrogen-bond donors (Lipinski definition) is 4. The predicted octanol–water partition coefficient (Wildman–Crippen LogP) is 4.29. The van der Waals surface area contributed by atoms with E-state index in [0.717, 1.165) is 27.8 Å². The first-order chi connectivity index (χ1) is 19.4. The summed E-state index contributed by atoms with van der Waals surface area (Å²) in [5, 5.41) is 18.1. The highest BCUT2D eigenvalue weighted by molar-refractivity contribution is 5.80. The van der Waals surface area contributed by atoms with Crippen LogP contribution in [-0.4, -0.2) is 55.2 Å². The molecule has 10 heteroatoms. The molecule has 0 saturated heterocycles. The predicted molar refractivity (Wildman–Crippen MR) is 151 cm³/mol. The van der Waals surface area contributed by atoms with Crippen LogP contribution >= 0.6 is 0 Å². The lowest BCUT2D eigenvalue weighted by Crippen LogP contribution is -2.38. The third kappa shape index (κ3) is 7.59. The summed E-state index contributed by atoms with van der Waals surface area (Å²) >= 11 is 0. The molecule has 1 aliphatic rings. The molecule has 0 bridgehead atoms. The van der Waals surface area contributed by atoms with Crippen molar-refractivity contribution in [3.63, 3.8) is 0 Å². The molecule has 0 saturated carbocycles. The molecule has 0 radical (unpaired) electrons. The highest BCUT2D eigenvalue weighted by Crippen LogP contribution is 2.44. The quantitative estimate of drug-likeness (QED) is 0.198. The maximum atomic E-state index is 12.5. The summed E-state index contributed by atoms with van der Waals surface area (Å²) < 4.78 is 10.7. The van der Waals surface area contributed by atoms with Gasteiger partial charge in [0.2, 0.25) is 0 Å². The minimum absolute atomic E-state index is 0.0274. The zero-order valence-electron chi connectivity index (χ0n) is 22.1. The number of carboxylic acids is 1. The number of rotatable bonds is 12. The van der Waals surface area contributed by atoms with E-state index in [1.165, 1.54) is 6.21 Å². The fourth-order valence-corrected chi connectivity index (χ4v) is 4.48. The van der Waals surface area contributed by atoms with Gasteiger partial charge < -0.3 is 25.2 Å². The molecule has 3 aromatic rings. The Labute approximate surface area is 232 Å². The molecule has 4 N–H and O–H groups in total. The average Bonchev–Trinajstić information content (AvgIpc) is 3.28. The lowest BCUT2D eigenvalue weighted by atomic mass is 9.98. The van der Waals surface area contributed by atoms with Gasteiger partial charge in [-0.2, -0.15) is 5.10 Å². The summed E-state index contributed by atoms with van der Waals surface area (Å²) in [5.74, 6) is -0.607. The summed E-state index contributed by atoms with van der Waals surface area (Å²) in [6.45, 7) is 2.07. The van der Waals surface area contributed by atoms with Gasteiger partial charge in [0.05, 0.1) is 6.04 Å². The molecule has 40 heavy (non-hydrogen) atoms. The Morgan fingerprint density at radius 2 is 1.62 bits per heavy atom. The first kappa shape index (κ1) is 28.2. The van der Waals surface area contributed by atoms with E-state index in [4.69, 9.17) is 14.6 Å². The smallest absolute Gasteiger partial charge is 0.407 e. The van der Waals surface area contributed by atoms with Crippen molar-refractivity contribution in [3.05, 3.63) is 89.5 Å². The summed E-state index contributed by atoms with van der Waals surface area (Å²) in [4.78, 5) is 35.1. The highest BCUT2D eigenvalue weighted by Gasteiger charge is 2.29. The Morgan fingerprint density at radius 3 is 2.25 bits per heavy atom. The number of alkyl carbamates (subject to hydrolysis) is 1. The Kier molecular flexibility index (Phi) is 9.71. The molecule has 0 fully saturated rings. The number of ether oxygens (including phenoxy) is 2. The average molecular weight is 545 g/mol. The molecule has 208 valence electrons. The monoisotopic (exact) mass is 544 g/mol. The van der Waals surface area contributed by atoms with Crippen LogP contribution < -0.4 is 20.8 Å². The largest absolute Gasteiger partial charge is 0.482 e. The molecule has 1 aliphatic carbocycles. The Bertz CT molecular complexity index is 1310. The number of benzene rings is 3. The molecular weight excluding hydrogens is 512 g/mol. The third-order valence-corrected chi connectivity index (χ3v) is 6.49. The molecule has 0 heterocycles. The summed E-state index contributed by atoms with van der Waals surface area (Å²) in [6.07, 6.45) is 2.03. The van der Waals surface area contributed by atoms with Crippen LogP contribution in [0, 0.1) is 0 Å². The van der Waals surface area contributed by atoms with E-state index in [2.05, 4.69) is 45.4 Å². The molecule has 10 nitrogen and oxygen atoms in total. The molecular formula is C30H32N4O6. The van der Waals surface area contributed by atoms with E-state index < -0.39 is 30.7 Å². The van der Waals surface area contributed by atoms with Crippen molar-refractivity contribution >= 4 is 24.3 Å². The topological polar surface area (TPSA) is 138 Å². The summed E-state index contributed by atoms with van der Waals surface area (Å²) in [5.41, 5.74) is 7.95. The van der Waals surface area contributed by atoms with E-state index in [9.17, 15) is 14.4 Å². The summed E-state index contributed by atoms with van der Waals surface area (Å²) in [6, 6.07) is 22.4. The number of fused-ring (bicyclic) bond motifs is 3. The van der Waals surface area contributed by atoms with Crippen molar-refractivity contribution in [2.75, 3.05) is 19.8 Å². The van der Waals surface area contributed by atoms with E-state index in [1.54, 1.807) is 24.3 Å². The second-order valence-corrected chi connectivity index (χ2v) is 9.21. The molecule has 0 unspecified atom stereocenters. The van der Waals surface area contributed by atoms with Crippen LogP contribution in [0.4, 0.5) is 9.59 Å². The lowest BCUT2D eigenvalue weighted by Gasteiger charge is -2.16. The van der Waals surface area contributed by atoms with Gasteiger partial charge in [-0.3, -0.25) is 0 Å². The van der Waals surface area contributed by atoms with Gasteiger partial charge in [0.25, 0.3) is 0 Å². The van der Waals surface area contributed by atoms with Gasteiger partial charge in [-0.05, 0) is 52.8 Å². The molecule has 0 spiro atoms. The maximum absolute atomic E-state index is 12.5. The van der Waals surface area contributed by atoms with Gasteiger partial charge >= 0.3 is 18.1 Å². The minimum Gasteiger partial charge on any atom is -0.482 e. The number of carbonyl (C=O) groups is 3. The highest BCUT2D eigenvalue weighted by atomic mass is 16.5. The Morgan fingerprint density at radius 1 is 0.975 bits per heavy atom. The number of hydrazone groups is 1. The number of amides is 3. The molecule has 3 aromatic carbocycles. The minimum atomic E-state index is -1.04. The normalized spacial score (nSPS) is 12.7. The van der Waals surface area contributed by atoms with Crippen molar-refractivity contribution in [1.29, 1.82) is 0 Å². The first-order valence-electron chi connectivity index (χ1n) is 13.1. The van der Waals surface area contributed by atoms with Gasteiger partial charge in [0, 0.05) is 18.7 Å². The molecule has 4 rings (SSSR count). The number of nitrogens with zero attached hydrogens (tertiary/aromatic N) is 1. The van der Waals surface area contributed by atoms with Crippen LogP contribution in [-0.2, 0) is 16.0 Å². The van der Waals surface area contributed by atoms with Crippen molar-refractivity contribution in [1.82, 2.24) is 16.1 Å². The van der Waals surface area contributed by atoms with Gasteiger partial charge in [-0.1, -0.05) is 67.6 Å². The van der Waals surface area contributed by atoms with Gasteiger partial charge in [-0.25, -0.2) is 19.8 Å². The van der Waals surface area contributed by atoms with Crippen molar-refractivity contribution < 1.29 is 29.0 Å². The van der Waals surface area contributed by atoms with Crippen LogP contribution in [0.25, 0.3) is 11.1 Å². The number of carboxylic acid groups (broad SMARTS) is 1. The van der Waals surface area contributed by atoms with Crippen LogP contribution in [0.5, 0.6) is 5.75 Å². The Hall–Kier alpha value is -4.86. The fraction of sp³-hybridized carbons (Fsp3) is 0.267. The Balaban J connectivity index is 1.17. The molecule has 0 aliphatic heterocycles. The van der Waals surface area contributed by atoms with E-state index in [1.807, 2.05) is 31.2 Å². The SMILES string of the molecule is CC[C@@H](/C=N\NC(=O)NCCc1ccc(OCC(=O)O)cc1)NC(=O)OCC1c2ccccc2-c2ccccc21. The molecule has 0 aromatic heterocycles. The first-order valence-corrected chi connectivity index (χ1v) is 13.1. The van der Waals surface area contributed by atoms with Crippen molar-refractivity contribution in [2.45, 2.75) is 31.7 Å². The number of aliphatic carboxylic acids is 1. The van der Waals surface area contributed by atoms with Crippen LogP contribution in [0.2, 0.25) is 0 Å². The van der Waals surface area contributed by atoms with Crippen LogP contribution in [0.15, 0.2) is 77.9 Å². The lowest BCUT2D eigenvalue weighted by molar-refractivity contribution is -0.139. The maximum Gasteiger partial charge on any atom is 0.407 e.